The van der Waals surface area contributed by atoms with Crippen LogP contribution in [0.3, 0.4) is 0 Å². The van der Waals surface area contributed by atoms with Crippen LogP contribution < -0.4 is 15.6 Å². The van der Waals surface area contributed by atoms with Crippen molar-refractivity contribution in [3.63, 3.8) is 0 Å². The quantitative estimate of drug-likeness (QED) is 0.698. The highest BCUT2D eigenvalue weighted by molar-refractivity contribution is 7.18. The third-order valence-corrected chi connectivity index (χ3v) is 5.30. The number of hydrogen-bond acceptors (Lipinski definition) is 5. The average Bonchev–Trinajstić information content (AvgIpc) is 2.89. The summed E-state index contributed by atoms with van der Waals surface area (Å²) in [6, 6.07) is 1.81. The molecule has 2 heterocycles. The number of aromatic amines is 1. The number of benzene rings is 1. The van der Waals surface area contributed by atoms with Crippen molar-refractivity contribution in [2.24, 2.45) is 0 Å². The molecule has 0 saturated carbocycles. The lowest BCUT2D eigenvalue weighted by molar-refractivity contribution is 0.0953. The van der Waals surface area contributed by atoms with E-state index >= 15 is 0 Å². The number of thiophene rings is 1. The van der Waals surface area contributed by atoms with E-state index in [1.165, 1.54) is 11.3 Å². The van der Waals surface area contributed by atoms with E-state index < -0.39 is 23.3 Å². The van der Waals surface area contributed by atoms with Crippen molar-refractivity contribution in [3.8, 4) is 5.75 Å². The number of amides is 1. The number of carbonyl (C=O) groups is 1. The number of aryl methyl sites for hydroxylation is 2. The molecule has 1 aromatic carbocycles. The maximum absolute atomic E-state index is 13.7. The Kier molecular flexibility index (Phi) is 5.22. The fourth-order valence-corrected chi connectivity index (χ4v) is 3.75. The van der Waals surface area contributed by atoms with E-state index in [9.17, 15) is 18.4 Å². The lowest BCUT2D eigenvalue weighted by Gasteiger charge is -2.08. The third kappa shape index (κ3) is 3.68. The molecule has 142 valence electrons. The summed E-state index contributed by atoms with van der Waals surface area (Å²) in [6.45, 7) is 3.94. The van der Waals surface area contributed by atoms with Crippen molar-refractivity contribution in [2.45, 2.75) is 20.3 Å². The molecule has 3 rings (SSSR count). The molecule has 0 unspecified atom stereocenters. The van der Waals surface area contributed by atoms with Gasteiger partial charge in [0, 0.05) is 23.4 Å². The Morgan fingerprint density at radius 3 is 2.59 bits per heavy atom. The van der Waals surface area contributed by atoms with Crippen LogP contribution in [-0.2, 0) is 6.42 Å². The second-order valence-corrected chi connectivity index (χ2v) is 7.16. The molecular weight excluding hydrogens is 376 g/mol. The van der Waals surface area contributed by atoms with E-state index in [0.29, 0.717) is 16.0 Å². The van der Waals surface area contributed by atoms with Gasteiger partial charge in [-0.3, -0.25) is 9.59 Å². The van der Waals surface area contributed by atoms with Gasteiger partial charge in [-0.1, -0.05) is 0 Å². The molecule has 27 heavy (non-hydrogen) atoms. The number of rotatable bonds is 5. The Morgan fingerprint density at radius 2 is 1.96 bits per heavy atom. The van der Waals surface area contributed by atoms with Crippen molar-refractivity contribution in [1.82, 2.24) is 15.3 Å². The van der Waals surface area contributed by atoms with Gasteiger partial charge >= 0.3 is 0 Å². The zero-order chi connectivity index (χ0) is 19.7. The summed E-state index contributed by atoms with van der Waals surface area (Å²) in [4.78, 5) is 33.1. The summed E-state index contributed by atoms with van der Waals surface area (Å²) in [5, 5.41) is 3.13. The number of ether oxygens (including phenoxy) is 1. The predicted molar refractivity (Wildman–Crippen MR) is 98.7 cm³/mol. The Bertz CT molecular complexity index is 1070. The van der Waals surface area contributed by atoms with Crippen LogP contribution in [-0.4, -0.2) is 29.5 Å². The van der Waals surface area contributed by atoms with Crippen LogP contribution in [0.4, 0.5) is 8.78 Å². The molecule has 0 aliphatic carbocycles. The van der Waals surface area contributed by atoms with Crippen LogP contribution in [0.1, 0.15) is 26.6 Å². The molecule has 0 atom stereocenters. The number of nitrogens with one attached hydrogen (secondary N) is 2. The molecule has 2 aromatic heterocycles. The largest absolute Gasteiger partial charge is 0.491 e. The zero-order valence-electron chi connectivity index (χ0n) is 14.9. The second kappa shape index (κ2) is 7.43. The van der Waals surface area contributed by atoms with Crippen LogP contribution in [0.25, 0.3) is 10.2 Å². The first-order chi connectivity index (χ1) is 12.8. The smallest absolute Gasteiger partial charge is 0.259 e. The Hall–Kier alpha value is -2.81. The van der Waals surface area contributed by atoms with Crippen molar-refractivity contribution < 1.29 is 18.3 Å². The first-order valence-corrected chi connectivity index (χ1v) is 8.93. The van der Waals surface area contributed by atoms with E-state index in [2.05, 4.69) is 20.0 Å². The van der Waals surface area contributed by atoms with Crippen LogP contribution >= 0.6 is 11.3 Å². The number of carbonyl (C=O) groups excluding carboxylic acids is 1. The summed E-state index contributed by atoms with van der Waals surface area (Å²) in [5.74, 6) is -2.66. The molecular formula is C18H17F2N3O3S. The molecule has 2 N–H and O–H groups in total. The van der Waals surface area contributed by atoms with Crippen molar-refractivity contribution in [3.05, 3.63) is 55.9 Å². The molecule has 0 radical (unpaired) electrons. The number of aromatic nitrogens is 2. The van der Waals surface area contributed by atoms with Crippen LogP contribution in [0, 0.1) is 25.5 Å². The van der Waals surface area contributed by atoms with Gasteiger partial charge in [-0.15, -0.1) is 11.3 Å². The van der Waals surface area contributed by atoms with E-state index in [0.717, 1.165) is 29.7 Å². The van der Waals surface area contributed by atoms with Gasteiger partial charge in [0.1, 0.15) is 10.7 Å². The summed E-state index contributed by atoms with van der Waals surface area (Å²) in [6.07, 6.45) is 0.272. The molecule has 3 aromatic rings. The first kappa shape index (κ1) is 19.0. The van der Waals surface area contributed by atoms with E-state index in [-0.39, 0.29) is 24.1 Å². The monoisotopic (exact) mass is 393 g/mol. The number of halogens is 2. The molecule has 9 heteroatoms. The molecule has 0 spiro atoms. The molecule has 0 fully saturated rings. The van der Waals surface area contributed by atoms with E-state index in [1.54, 1.807) is 0 Å². The summed E-state index contributed by atoms with van der Waals surface area (Å²) >= 11 is 1.44. The minimum absolute atomic E-state index is 0.145. The normalized spacial score (nSPS) is 11.0. The summed E-state index contributed by atoms with van der Waals surface area (Å²) in [5.41, 5.74) is 0.529. The standard InChI is InChI=1S/C18H17F2N3O3S/c1-8-9(2)27-18-14(8)17(25)22-13(23-18)4-5-21-16(24)10-6-11(19)15(26-3)12(20)7-10/h6-7H,4-5H2,1-3H3,(H,21,24)(H,22,23,25). The topological polar surface area (TPSA) is 84.1 Å². The number of nitrogens with zero attached hydrogens (tertiary/aromatic N) is 1. The minimum Gasteiger partial charge on any atom is -0.491 e. The molecule has 0 aliphatic rings. The highest BCUT2D eigenvalue weighted by Crippen LogP contribution is 2.25. The Balaban J connectivity index is 1.70. The fourth-order valence-electron chi connectivity index (χ4n) is 2.70. The number of fused-ring (bicyclic) bond motifs is 1. The van der Waals surface area contributed by atoms with Gasteiger partial charge in [-0.2, -0.15) is 0 Å². The van der Waals surface area contributed by atoms with Gasteiger partial charge in [-0.05, 0) is 31.5 Å². The molecule has 0 saturated heterocycles. The van der Waals surface area contributed by atoms with Gasteiger partial charge in [0.15, 0.2) is 17.4 Å². The molecule has 1 amide bonds. The van der Waals surface area contributed by atoms with E-state index in [1.807, 2.05) is 13.8 Å². The SMILES string of the molecule is COc1c(F)cc(C(=O)NCCc2nc3sc(C)c(C)c3c(=O)[nH]2)cc1F. The third-order valence-electron chi connectivity index (χ3n) is 4.20. The van der Waals surface area contributed by atoms with Crippen molar-refractivity contribution >= 4 is 27.5 Å². The van der Waals surface area contributed by atoms with E-state index in [4.69, 9.17) is 0 Å². The first-order valence-electron chi connectivity index (χ1n) is 8.12. The summed E-state index contributed by atoms with van der Waals surface area (Å²) in [7, 11) is 1.14. The van der Waals surface area contributed by atoms with Crippen LogP contribution in [0.5, 0.6) is 5.75 Å². The zero-order valence-corrected chi connectivity index (χ0v) is 15.7. The van der Waals surface area contributed by atoms with Crippen molar-refractivity contribution in [2.75, 3.05) is 13.7 Å². The van der Waals surface area contributed by atoms with Gasteiger partial charge in [0.05, 0.1) is 12.5 Å². The maximum Gasteiger partial charge on any atom is 0.259 e. The van der Waals surface area contributed by atoms with Gasteiger partial charge in [0.25, 0.3) is 11.5 Å². The summed E-state index contributed by atoms with van der Waals surface area (Å²) < 4.78 is 32.0. The fraction of sp³-hybridized carbons (Fsp3) is 0.278. The number of hydrogen-bond donors (Lipinski definition) is 2. The highest BCUT2D eigenvalue weighted by Gasteiger charge is 2.16. The maximum atomic E-state index is 13.7. The number of H-pyrrole nitrogens is 1. The molecule has 0 bridgehead atoms. The molecule has 0 aliphatic heterocycles. The molecule has 6 nitrogen and oxygen atoms in total. The second-order valence-electron chi connectivity index (χ2n) is 5.96. The van der Waals surface area contributed by atoms with Crippen LogP contribution in [0.2, 0.25) is 0 Å². The lowest BCUT2D eigenvalue weighted by Crippen LogP contribution is -2.27. The van der Waals surface area contributed by atoms with Gasteiger partial charge in [-0.25, -0.2) is 13.8 Å². The van der Waals surface area contributed by atoms with Crippen molar-refractivity contribution in [1.29, 1.82) is 0 Å². The average molecular weight is 393 g/mol. The van der Waals surface area contributed by atoms with Gasteiger partial charge in [0.2, 0.25) is 0 Å². The highest BCUT2D eigenvalue weighted by atomic mass is 32.1. The number of methoxy groups -OCH3 is 1. The van der Waals surface area contributed by atoms with Gasteiger partial charge < -0.3 is 15.0 Å². The predicted octanol–water partition coefficient (Wildman–Crippen LogP) is 2.86. The Labute approximate surface area is 157 Å². The Morgan fingerprint density at radius 1 is 1.30 bits per heavy atom. The van der Waals surface area contributed by atoms with Crippen LogP contribution in [0.15, 0.2) is 16.9 Å². The minimum atomic E-state index is -0.956. The lowest BCUT2D eigenvalue weighted by atomic mass is 10.2.